The molecule has 1 aromatic rings. The van der Waals surface area contributed by atoms with Gasteiger partial charge in [0.15, 0.2) is 0 Å². The SMILES string of the molecule is Cc1ccc(OCCNC(=O)[C@H]2C[C@@H](O)CN2)cc1. The van der Waals surface area contributed by atoms with E-state index in [2.05, 4.69) is 10.6 Å². The van der Waals surface area contributed by atoms with E-state index < -0.39 is 6.10 Å². The zero-order valence-corrected chi connectivity index (χ0v) is 11.1. The van der Waals surface area contributed by atoms with Crippen LogP contribution in [0, 0.1) is 6.92 Å². The van der Waals surface area contributed by atoms with Gasteiger partial charge in [0, 0.05) is 6.54 Å². The number of β-amino-alcohol motifs (C(OH)–C–C–N with tert-alkyl or cyclic N) is 1. The first kappa shape index (κ1) is 13.8. The molecule has 5 nitrogen and oxygen atoms in total. The number of ether oxygens (including phenoxy) is 1. The second-order valence-electron chi connectivity index (χ2n) is 4.80. The van der Waals surface area contributed by atoms with Crippen LogP contribution in [0.4, 0.5) is 0 Å². The van der Waals surface area contributed by atoms with E-state index in [1.54, 1.807) is 0 Å². The summed E-state index contributed by atoms with van der Waals surface area (Å²) < 4.78 is 5.51. The highest BCUT2D eigenvalue weighted by Gasteiger charge is 2.27. The molecule has 0 spiro atoms. The molecule has 0 bridgehead atoms. The Kier molecular flexibility index (Phi) is 4.76. The van der Waals surface area contributed by atoms with Gasteiger partial charge in [-0.3, -0.25) is 4.79 Å². The third kappa shape index (κ3) is 4.22. The van der Waals surface area contributed by atoms with Crippen LogP contribution in [0.25, 0.3) is 0 Å². The number of aliphatic hydroxyl groups is 1. The number of rotatable bonds is 5. The van der Waals surface area contributed by atoms with Gasteiger partial charge in [0.2, 0.25) is 5.91 Å². The minimum atomic E-state index is -0.417. The van der Waals surface area contributed by atoms with Crippen molar-refractivity contribution in [2.24, 2.45) is 0 Å². The number of nitrogens with one attached hydrogen (secondary N) is 2. The van der Waals surface area contributed by atoms with Gasteiger partial charge in [0.25, 0.3) is 0 Å². The predicted octanol–water partition coefficient (Wildman–Crippen LogP) is 0.213. The summed E-state index contributed by atoms with van der Waals surface area (Å²) in [6, 6.07) is 7.50. The van der Waals surface area contributed by atoms with E-state index in [-0.39, 0.29) is 11.9 Å². The summed E-state index contributed by atoms with van der Waals surface area (Å²) >= 11 is 0. The van der Waals surface area contributed by atoms with Gasteiger partial charge in [-0.15, -0.1) is 0 Å². The quantitative estimate of drug-likeness (QED) is 0.665. The Hall–Kier alpha value is -1.59. The Labute approximate surface area is 113 Å². The molecule has 0 aromatic heterocycles. The fraction of sp³-hybridized carbons (Fsp3) is 0.500. The maximum absolute atomic E-state index is 11.7. The topological polar surface area (TPSA) is 70.6 Å². The molecule has 1 aliphatic heterocycles. The smallest absolute Gasteiger partial charge is 0.237 e. The van der Waals surface area contributed by atoms with Crippen LogP contribution in [0.1, 0.15) is 12.0 Å². The Morgan fingerprint density at radius 3 is 2.84 bits per heavy atom. The largest absolute Gasteiger partial charge is 0.492 e. The lowest BCUT2D eigenvalue weighted by Crippen LogP contribution is -2.41. The maximum Gasteiger partial charge on any atom is 0.237 e. The highest BCUT2D eigenvalue weighted by molar-refractivity contribution is 5.82. The minimum absolute atomic E-state index is 0.0796. The normalized spacial score (nSPS) is 22.2. The standard InChI is InChI=1S/C14H20N2O3/c1-10-2-4-12(5-3-10)19-7-6-15-14(18)13-8-11(17)9-16-13/h2-5,11,13,16-17H,6-9H2,1H3,(H,15,18)/t11-,13-/m1/s1. The van der Waals surface area contributed by atoms with Crippen molar-refractivity contribution in [1.82, 2.24) is 10.6 Å². The van der Waals surface area contributed by atoms with Crippen molar-refractivity contribution >= 4 is 5.91 Å². The number of hydrogen-bond donors (Lipinski definition) is 3. The first-order valence-corrected chi connectivity index (χ1v) is 6.54. The zero-order chi connectivity index (χ0) is 13.7. The molecule has 5 heteroatoms. The molecule has 2 atom stereocenters. The number of hydrogen-bond acceptors (Lipinski definition) is 4. The number of benzene rings is 1. The Bertz CT molecular complexity index is 419. The lowest BCUT2D eigenvalue weighted by atomic mass is 10.2. The predicted molar refractivity (Wildman–Crippen MR) is 72.1 cm³/mol. The summed E-state index contributed by atoms with van der Waals surface area (Å²) in [6.45, 7) is 3.40. The number of carbonyl (C=O) groups is 1. The molecule has 0 aliphatic carbocycles. The van der Waals surface area contributed by atoms with Gasteiger partial charge in [0.05, 0.1) is 18.7 Å². The molecule has 1 heterocycles. The average Bonchev–Trinajstić information content (AvgIpc) is 2.83. The summed E-state index contributed by atoms with van der Waals surface area (Å²) in [4.78, 5) is 11.7. The average molecular weight is 264 g/mol. The summed E-state index contributed by atoms with van der Waals surface area (Å²) in [7, 11) is 0. The van der Waals surface area contributed by atoms with Crippen molar-refractivity contribution < 1.29 is 14.6 Å². The van der Waals surface area contributed by atoms with E-state index in [9.17, 15) is 9.90 Å². The van der Waals surface area contributed by atoms with Crippen LogP contribution in [0.15, 0.2) is 24.3 Å². The monoisotopic (exact) mass is 264 g/mol. The molecule has 1 saturated heterocycles. The summed E-state index contributed by atoms with van der Waals surface area (Å²) in [5.41, 5.74) is 1.19. The van der Waals surface area contributed by atoms with Crippen LogP contribution in [-0.2, 0) is 4.79 Å². The fourth-order valence-electron chi connectivity index (χ4n) is 2.02. The fourth-order valence-corrected chi connectivity index (χ4v) is 2.02. The van der Waals surface area contributed by atoms with Gasteiger partial charge in [-0.1, -0.05) is 17.7 Å². The molecular weight excluding hydrogens is 244 g/mol. The third-order valence-corrected chi connectivity index (χ3v) is 3.12. The van der Waals surface area contributed by atoms with Crippen LogP contribution >= 0.6 is 0 Å². The Balaban J connectivity index is 1.64. The van der Waals surface area contributed by atoms with Crippen molar-refractivity contribution in [3.8, 4) is 5.75 Å². The van der Waals surface area contributed by atoms with Crippen molar-refractivity contribution in [2.45, 2.75) is 25.5 Å². The molecule has 0 saturated carbocycles. The molecule has 1 aliphatic rings. The van der Waals surface area contributed by atoms with Crippen LogP contribution in [0.3, 0.4) is 0 Å². The van der Waals surface area contributed by atoms with Crippen molar-refractivity contribution in [3.05, 3.63) is 29.8 Å². The summed E-state index contributed by atoms with van der Waals surface area (Å²) in [6.07, 6.45) is 0.0598. The molecule has 19 heavy (non-hydrogen) atoms. The van der Waals surface area contributed by atoms with Crippen molar-refractivity contribution in [1.29, 1.82) is 0 Å². The van der Waals surface area contributed by atoms with Gasteiger partial charge in [-0.25, -0.2) is 0 Å². The minimum Gasteiger partial charge on any atom is -0.492 e. The maximum atomic E-state index is 11.7. The number of aliphatic hydroxyl groups excluding tert-OH is 1. The van der Waals surface area contributed by atoms with Crippen LogP contribution in [-0.4, -0.2) is 42.9 Å². The Morgan fingerprint density at radius 2 is 2.21 bits per heavy atom. The number of aryl methyl sites for hydroxylation is 1. The zero-order valence-electron chi connectivity index (χ0n) is 11.1. The molecule has 2 rings (SSSR count). The molecule has 0 unspecified atom stereocenters. The summed E-state index contributed by atoms with van der Waals surface area (Å²) in [5.74, 6) is 0.721. The molecule has 104 valence electrons. The second kappa shape index (κ2) is 6.54. The van der Waals surface area contributed by atoms with Crippen LogP contribution in [0.2, 0.25) is 0 Å². The van der Waals surface area contributed by atoms with E-state index in [0.717, 1.165) is 5.75 Å². The van der Waals surface area contributed by atoms with E-state index in [4.69, 9.17) is 4.74 Å². The number of amides is 1. The first-order chi connectivity index (χ1) is 9.15. The second-order valence-corrected chi connectivity index (χ2v) is 4.80. The van der Waals surface area contributed by atoms with Crippen LogP contribution in [0.5, 0.6) is 5.75 Å². The number of carbonyl (C=O) groups excluding carboxylic acids is 1. The molecule has 1 fully saturated rings. The molecule has 1 aromatic carbocycles. The van der Waals surface area contributed by atoms with Gasteiger partial charge in [-0.2, -0.15) is 0 Å². The van der Waals surface area contributed by atoms with Gasteiger partial charge < -0.3 is 20.5 Å². The lowest BCUT2D eigenvalue weighted by Gasteiger charge is -2.11. The van der Waals surface area contributed by atoms with Gasteiger partial charge >= 0.3 is 0 Å². The molecule has 0 radical (unpaired) electrons. The third-order valence-electron chi connectivity index (χ3n) is 3.12. The molecule has 3 N–H and O–H groups in total. The Morgan fingerprint density at radius 1 is 1.47 bits per heavy atom. The summed E-state index contributed by atoms with van der Waals surface area (Å²) in [5, 5.41) is 15.1. The van der Waals surface area contributed by atoms with Gasteiger partial charge in [-0.05, 0) is 25.5 Å². The van der Waals surface area contributed by atoms with E-state index in [0.29, 0.717) is 26.1 Å². The van der Waals surface area contributed by atoms with Crippen LogP contribution < -0.4 is 15.4 Å². The molecular formula is C14H20N2O3. The van der Waals surface area contributed by atoms with E-state index in [1.165, 1.54) is 5.56 Å². The molecule has 1 amide bonds. The van der Waals surface area contributed by atoms with E-state index in [1.807, 2.05) is 31.2 Å². The van der Waals surface area contributed by atoms with E-state index >= 15 is 0 Å². The highest BCUT2D eigenvalue weighted by Crippen LogP contribution is 2.11. The highest BCUT2D eigenvalue weighted by atomic mass is 16.5. The van der Waals surface area contributed by atoms with Crippen molar-refractivity contribution in [3.63, 3.8) is 0 Å². The van der Waals surface area contributed by atoms with Crippen molar-refractivity contribution in [2.75, 3.05) is 19.7 Å². The lowest BCUT2D eigenvalue weighted by molar-refractivity contribution is -0.123. The van der Waals surface area contributed by atoms with Gasteiger partial charge in [0.1, 0.15) is 12.4 Å². The first-order valence-electron chi connectivity index (χ1n) is 6.54.